The SMILES string of the molecule is CCC(Sc1nc(-c2ccccc2)cc(-c2ccc(OC)cc2)c1C#N)C(=O)Nc1ccncc1. The zero-order valence-electron chi connectivity index (χ0n) is 19.4. The van der Waals surface area contributed by atoms with E-state index < -0.39 is 5.25 Å². The number of pyridine rings is 2. The maximum Gasteiger partial charge on any atom is 0.237 e. The average Bonchev–Trinajstić information content (AvgIpc) is 2.92. The van der Waals surface area contributed by atoms with Gasteiger partial charge in [-0.15, -0.1) is 0 Å². The van der Waals surface area contributed by atoms with Gasteiger partial charge in [-0.25, -0.2) is 4.98 Å². The zero-order chi connectivity index (χ0) is 24.6. The Hall–Kier alpha value is -4.15. The normalized spacial score (nSPS) is 11.3. The van der Waals surface area contributed by atoms with E-state index in [9.17, 15) is 10.1 Å². The molecule has 0 aliphatic carbocycles. The number of methoxy groups -OCH3 is 1. The Bertz CT molecular complexity index is 1340. The van der Waals surface area contributed by atoms with Gasteiger partial charge in [0.05, 0.1) is 23.6 Å². The summed E-state index contributed by atoms with van der Waals surface area (Å²) in [4.78, 5) is 21.9. The lowest BCUT2D eigenvalue weighted by atomic mass is 9.99. The average molecular weight is 481 g/mol. The summed E-state index contributed by atoms with van der Waals surface area (Å²) in [6.45, 7) is 1.95. The first kappa shape index (κ1) is 24.0. The summed E-state index contributed by atoms with van der Waals surface area (Å²) in [5.74, 6) is 0.587. The molecule has 0 bridgehead atoms. The van der Waals surface area contributed by atoms with E-state index in [0.717, 1.165) is 28.1 Å². The molecule has 1 unspecified atom stereocenters. The molecule has 174 valence electrons. The van der Waals surface area contributed by atoms with E-state index in [4.69, 9.17) is 9.72 Å². The van der Waals surface area contributed by atoms with Gasteiger partial charge in [-0.2, -0.15) is 5.26 Å². The van der Waals surface area contributed by atoms with Crippen LogP contribution in [-0.2, 0) is 4.79 Å². The molecule has 0 saturated carbocycles. The van der Waals surface area contributed by atoms with Crippen molar-refractivity contribution < 1.29 is 9.53 Å². The number of nitriles is 1. The van der Waals surface area contributed by atoms with Crippen LogP contribution in [0.5, 0.6) is 5.75 Å². The Morgan fingerprint density at radius 2 is 1.77 bits per heavy atom. The van der Waals surface area contributed by atoms with Crippen molar-refractivity contribution in [3.05, 3.63) is 90.8 Å². The van der Waals surface area contributed by atoms with Crippen molar-refractivity contribution in [1.82, 2.24) is 9.97 Å². The molecule has 1 amide bonds. The molecule has 35 heavy (non-hydrogen) atoms. The van der Waals surface area contributed by atoms with Crippen LogP contribution in [0.4, 0.5) is 5.69 Å². The summed E-state index contributed by atoms with van der Waals surface area (Å²) in [7, 11) is 1.62. The number of nitrogens with zero attached hydrogens (tertiary/aromatic N) is 3. The Morgan fingerprint density at radius 3 is 2.40 bits per heavy atom. The van der Waals surface area contributed by atoms with Crippen molar-refractivity contribution in [3.63, 3.8) is 0 Å². The number of thioether (sulfide) groups is 1. The highest BCUT2D eigenvalue weighted by Crippen LogP contribution is 2.37. The first-order valence-electron chi connectivity index (χ1n) is 11.2. The largest absolute Gasteiger partial charge is 0.497 e. The summed E-state index contributed by atoms with van der Waals surface area (Å²) in [5, 5.41) is 13.2. The number of anilines is 1. The van der Waals surface area contributed by atoms with Gasteiger partial charge in [0, 0.05) is 29.2 Å². The maximum absolute atomic E-state index is 13.1. The highest BCUT2D eigenvalue weighted by atomic mass is 32.2. The molecule has 1 N–H and O–H groups in total. The van der Waals surface area contributed by atoms with Crippen molar-refractivity contribution in [3.8, 4) is 34.2 Å². The molecule has 0 aliphatic rings. The van der Waals surface area contributed by atoms with Gasteiger partial charge in [0.2, 0.25) is 5.91 Å². The maximum atomic E-state index is 13.1. The van der Waals surface area contributed by atoms with Crippen molar-refractivity contribution in [2.24, 2.45) is 0 Å². The van der Waals surface area contributed by atoms with Crippen molar-refractivity contribution >= 4 is 23.4 Å². The number of aromatic nitrogens is 2. The van der Waals surface area contributed by atoms with Crippen LogP contribution in [0.2, 0.25) is 0 Å². The predicted molar refractivity (Wildman–Crippen MR) is 139 cm³/mol. The number of nitrogens with one attached hydrogen (secondary N) is 1. The van der Waals surface area contributed by atoms with Crippen LogP contribution in [-0.4, -0.2) is 28.2 Å². The molecule has 4 aromatic rings. The highest BCUT2D eigenvalue weighted by Gasteiger charge is 2.23. The third-order valence-corrected chi connectivity index (χ3v) is 6.78. The lowest BCUT2D eigenvalue weighted by Crippen LogP contribution is -2.24. The third-order valence-electron chi connectivity index (χ3n) is 5.43. The van der Waals surface area contributed by atoms with Gasteiger partial charge in [-0.05, 0) is 42.3 Å². The number of rotatable bonds is 8. The van der Waals surface area contributed by atoms with Gasteiger partial charge in [0.1, 0.15) is 16.8 Å². The minimum Gasteiger partial charge on any atom is -0.497 e. The van der Waals surface area contributed by atoms with E-state index >= 15 is 0 Å². The molecule has 0 saturated heterocycles. The molecule has 0 fully saturated rings. The minimum absolute atomic E-state index is 0.148. The van der Waals surface area contributed by atoms with E-state index in [0.29, 0.717) is 22.7 Å². The topological polar surface area (TPSA) is 87.9 Å². The molecule has 0 aliphatic heterocycles. The summed E-state index contributed by atoms with van der Waals surface area (Å²) in [5.41, 5.74) is 4.42. The van der Waals surface area contributed by atoms with Crippen molar-refractivity contribution in [2.75, 3.05) is 12.4 Å². The van der Waals surface area contributed by atoms with E-state index in [1.165, 1.54) is 11.8 Å². The summed E-state index contributed by atoms with van der Waals surface area (Å²) in [6.07, 6.45) is 3.83. The number of carbonyl (C=O) groups excluding carboxylic acids is 1. The van der Waals surface area contributed by atoms with Crippen LogP contribution in [0.1, 0.15) is 18.9 Å². The number of ether oxygens (including phenoxy) is 1. The fourth-order valence-electron chi connectivity index (χ4n) is 3.59. The molecular weight excluding hydrogens is 456 g/mol. The quantitative estimate of drug-likeness (QED) is 0.302. The second-order valence-electron chi connectivity index (χ2n) is 7.68. The molecule has 1 atom stereocenters. The summed E-state index contributed by atoms with van der Waals surface area (Å²) in [6, 6.07) is 25.1. The van der Waals surface area contributed by atoms with Gasteiger partial charge >= 0.3 is 0 Å². The van der Waals surface area contributed by atoms with Crippen LogP contribution < -0.4 is 10.1 Å². The third kappa shape index (κ3) is 5.68. The molecule has 2 aromatic heterocycles. The first-order chi connectivity index (χ1) is 17.1. The monoisotopic (exact) mass is 480 g/mol. The molecular formula is C28H24N4O2S. The number of benzene rings is 2. The number of carbonyl (C=O) groups is 1. The fraction of sp³-hybridized carbons (Fsp3) is 0.143. The molecule has 0 spiro atoms. The molecule has 4 rings (SSSR count). The lowest BCUT2D eigenvalue weighted by molar-refractivity contribution is -0.115. The smallest absolute Gasteiger partial charge is 0.237 e. The van der Waals surface area contributed by atoms with Crippen LogP contribution in [0.25, 0.3) is 22.4 Å². The van der Waals surface area contributed by atoms with E-state index in [2.05, 4.69) is 16.4 Å². The molecule has 6 nitrogen and oxygen atoms in total. The second kappa shape index (κ2) is 11.3. The van der Waals surface area contributed by atoms with Crippen molar-refractivity contribution in [1.29, 1.82) is 5.26 Å². The number of amides is 1. The standard InChI is InChI=1S/C28H24N4O2S/c1-3-26(27(33)31-21-13-15-30-16-14-21)35-28-24(18-29)23(19-9-11-22(34-2)12-10-19)17-25(32-28)20-7-5-4-6-8-20/h4-17,26H,3H2,1-2H3,(H,30,31,33). The number of hydrogen-bond donors (Lipinski definition) is 1. The fourth-order valence-corrected chi connectivity index (χ4v) is 4.61. The molecule has 0 radical (unpaired) electrons. The lowest BCUT2D eigenvalue weighted by Gasteiger charge is -2.17. The Labute approximate surface area is 209 Å². The van der Waals surface area contributed by atoms with Crippen molar-refractivity contribution in [2.45, 2.75) is 23.6 Å². The first-order valence-corrected chi connectivity index (χ1v) is 12.0. The van der Waals surface area contributed by atoms with Crippen LogP contribution in [0.3, 0.4) is 0 Å². The van der Waals surface area contributed by atoms with E-state index in [1.54, 1.807) is 31.6 Å². The van der Waals surface area contributed by atoms with Crippen LogP contribution in [0.15, 0.2) is 90.2 Å². The Kier molecular flexibility index (Phi) is 7.76. The van der Waals surface area contributed by atoms with Crippen LogP contribution >= 0.6 is 11.8 Å². The van der Waals surface area contributed by atoms with Gasteiger partial charge in [0.25, 0.3) is 0 Å². The van der Waals surface area contributed by atoms with E-state index in [-0.39, 0.29) is 5.91 Å². The molecule has 7 heteroatoms. The van der Waals surface area contributed by atoms with Gasteiger partial charge in [-0.3, -0.25) is 9.78 Å². The molecule has 2 aromatic carbocycles. The minimum atomic E-state index is -0.433. The van der Waals surface area contributed by atoms with Crippen LogP contribution in [0, 0.1) is 11.3 Å². The second-order valence-corrected chi connectivity index (χ2v) is 8.87. The number of hydrogen-bond acceptors (Lipinski definition) is 6. The van der Waals surface area contributed by atoms with Gasteiger partial charge in [0.15, 0.2) is 0 Å². The Balaban J connectivity index is 1.76. The van der Waals surface area contributed by atoms with Gasteiger partial charge in [-0.1, -0.05) is 61.2 Å². The predicted octanol–water partition coefficient (Wildman–Crippen LogP) is 6.20. The zero-order valence-corrected chi connectivity index (χ0v) is 20.3. The van der Waals surface area contributed by atoms with Gasteiger partial charge < -0.3 is 10.1 Å². The Morgan fingerprint density at radius 1 is 1.06 bits per heavy atom. The van der Waals surface area contributed by atoms with E-state index in [1.807, 2.05) is 67.6 Å². The summed E-state index contributed by atoms with van der Waals surface area (Å²) < 4.78 is 5.29. The highest BCUT2D eigenvalue weighted by molar-refractivity contribution is 8.00. The molecule has 2 heterocycles. The summed E-state index contributed by atoms with van der Waals surface area (Å²) >= 11 is 1.31.